The van der Waals surface area contributed by atoms with Gasteiger partial charge in [0.05, 0.1) is 0 Å². The summed E-state index contributed by atoms with van der Waals surface area (Å²) < 4.78 is 24.5. The first-order chi connectivity index (χ1) is 8.83. The Balaban J connectivity index is 2.31. The smallest absolute Gasteiger partial charge is 0.322 e. The maximum Gasteiger partial charge on any atom is 0.322 e. The number of nitrogens with zero attached hydrogens (tertiary/aromatic N) is 3. The third kappa shape index (κ3) is 3.79. The molecule has 0 fully saturated rings. The van der Waals surface area contributed by atoms with Gasteiger partial charge in [0.15, 0.2) is 7.58 Å². The Morgan fingerprint density at radius 2 is 1.79 bits per heavy atom. The van der Waals surface area contributed by atoms with E-state index in [9.17, 15) is 4.39 Å². The lowest BCUT2D eigenvalue weighted by atomic mass is 10.3. The molecule has 1 aromatic rings. The molecular formula is C6H4Cl5FN3OP3. The monoisotopic (exact) mass is 421 g/mol. The summed E-state index contributed by atoms with van der Waals surface area (Å²) in [6, 6.07) is 5.25. The molecule has 1 aliphatic rings. The zero-order chi connectivity index (χ0) is 14.2. The van der Waals surface area contributed by atoms with Crippen molar-refractivity contribution in [2.24, 2.45) is 4.52 Å². The van der Waals surface area contributed by atoms with E-state index in [0.29, 0.717) is 5.75 Å². The van der Waals surface area contributed by atoms with Crippen molar-refractivity contribution in [3.8, 4) is 5.75 Å². The van der Waals surface area contributed by atoms with E-state index >= 15 is 0 Å². The molecule has 0 saturated heterocycles. The highest BCUT2D eigenvalue weighted by atomic mass is 35.7. The van der Waals surface area contributed by atoms with Gasteiger partial charge >= 0.3 is 6.78 Å². The molecule has 1 aromatic carbocycles. The van der Waals surface area contributed by atoms with Crippen LogP contribution in [0.3, 0.4) is 0 Å². The van der Waals surface area contributed by atoms with Crippen molar-refractivity contribution in [1.82, 2.24) is 7.92 Å². The van der Waals surface area contributed by atoms with Gasteiger partial charge in [0, 0.05) is 0 Å². The van der Waals surface area contributed by atoms with Gasteiger partial charge in [-0.15, -0.1) is 3.96 Å². The molecule has 0 N–H and O–H groups in total. The number of hydrogen-bond donors (Lipinski definition) is 0. The summed E-state index contributed by atoms with van der Waals surface area (Å²) in [5, 5.41) is 0. The van der Waals surface area contributed by atoms with E-state index in [1.54, 1.807) is 0 Å². The van der Waals surface area contributed by atoms with Crippen LogP contribution in [-0.4, -0.2) is 7.92 Å². The Bertz CT molecular complexity index is 521. The molecule has 2 rings (SSSR count). The van der Waals surface area contributed by atoms with E-state index in [-0.39, 0.29) is 0 Å². The van der Waals surface area contributed by atoms with Crippen LogP contribution in [0.1, 0.15) is 0 Å². The quantitative estimate of drug-likeness (QED) is 0.371. The summed E-state index contributed by atoms with van der Waals surface area (Å²) in [7, 11) is -3.28. The molecule has 106 valence electrons. The van der Waals surface area contributed by atoms with Crippen LogP contribution in [0.4, 0.5) is 4.39 Å². The van der Waals surface area contributed by atoms with Gasteiger partial charge in [0.2, 0.25) is 7.58 Å². The molecule has 13 heteroatoms. The van der Waals surface area contributed by atoms with Crippen LogP contribution >= 0.6 is 79.2 Å². The summed E-state index contributed by atoms with van der Waals surface area (Å²) in [5.74, 6) is -0.0916. The third-order valence-corrected chi connectivity index (χ3v) is 14.6. The fraction of sp³-hybridized carbons (Fsp3) is 0. The standard InChI is InChI=1S/C6H4Cl5FN3OP3/c7-14-17(9)13-19(11,15(8)18(14)10)16-6-3-1-5(12)2-4-6/h1-4H. The predicted octanol–water partition coefficient (Wildman–Crippen LogP) is 7.25. The molecule has 3 unspecified atom stereocenters. The number of benzene rings is 1. The van der Waals surface area contributed by atoms with Crippen LogP contribution in [0.15, 0.2) is 28.8 Å². The molecule has 0 spiro atoms. The van der Waals surface area contributed by atoms with E-state index < -0.39 is 27.8 Å². The Morgan fingerprint density at radius 3 is 2.37 bits per heavy atom. The molecule has 1 heterocycles. The van der Waals surface area contributed by atoms with E-state index in [0.717, 1.165) is 7.92 Å². The van der Waals surface area contributed by atoms with E-state index in [4.69, 9.17) is 61.8 Å². The largest absolute Gasteiger partial charge is 0.435 e. The van der Waals surface area contributed by atoms with E-state index in [1.165, 1.54) is 24.3 Å². The van der Waals surface area contributed by atoms with Gasteiger partial charge in [-0.1, -0.05) is 15.2 Å². The average molecular weight is 423 g/mol. The first-order valence-electron chi connectivity index (χ1n) is 4.44. The SMILES string of the molecule is Fc1ccc(OP2(Cl)=NP(Cl)N(Cl)P(Cl)N2Cl)cc1. The molecular weight excluding hydrogens is 419 g/mol. The van der Waals surface area contributed by atoms with Crippen molar-refractivity contribution >= 4 is 79.2 Å². The molecule has 0 aromatic heterocycles. The summed E-state index contributed by atoms with van der Waals surface area (Å²) in [6.07, 6.45) is 0. The van der Waals surface area contributed by atoms with Gasteiger partial charge in [-0.3, -0.25) is 0 Å². The lowest BCUT2D eigenvalue weighted by molar-refractivity contribution is 0.587. The second kappa shape index (κ2) is 6.67. The predicted molar refractivity (Wildman–Crippen MR) is 83.2 cm³/mol. The van der Waals surface area contributed by atoms with Crippen LogP contribution in [-0.2, 0) is 0 Å². The fourth-order valence-corrected chi connectivity index (χ4v) is 12.2. The van der Waals surface area contributed by atoms with Gasteiger partial charge in [-0.05, 0) is 70.3 Å². The minimum absolute atomic E-state index is 0.308. The molecule has 0 bridgehead atoms. The van der Waals surface area contributed by atoms with Crippen molar-refractivity contribution in [2.45, 2.75) is 0 Å². The van der Waals surface area contributed by atoms with E-state index in [1.807, 2.05) is 0 Å². The lowest BCUT2D eigenvalue weighted by Gasteiger charge is -2.36. The summed E-state index contributed by atoms with van der Waals surface area (Å²) in [5.41, 5.74) is 0. The highest BCUT2D eigenvalue weighted by Crippen LogP contribution is 2.83. The summed E-state index contributed by atoms with van der Waals surface area (Å²) in [6.45, 7) is -3.10. The van der Waals surface area contributed by atoms with Gasteiger partial charge in [0.1, 0.15) is 11.6 Å². The number of hydrogen-bond acceptors (Lipinski definition) is 4. The fourth-order valence-electron chi connectivity index (χ4n) is 1.05. The zero-order valence-electron chi connectivity index (χ0n) is 8.67. The Labute approximate surface area is 136 Å². The molecule has 0 amide bonds. The van der Waals surface area contributed by atoms with Crippen LogP contribution in [0.2, 0.25) is 0 Å². The van der Waals surface area contributed by atoms with Gasteiger partial charge < -0.3 is 4.52 Å². The zero-order valence-corrected chi connectivity index (χ0v) is 15.1. The van der Waals surface area contributed by atoms with Crippen molar-refractivity contribution < 1.29 is 8.91 Å². The van der Waals surface area contributed by atoms with Crippen molar-refractivity contribution in [3.63, 3.8) is 0 Å². The molecule has 0 aliphatic carbocycles. The minimum Gasteiger partial charge on any atom is -0.435 e. The molecule has 0 saturated carbocycles. The number of halogens is 6. The molecule has 19 heavy (non-hydrogen) atoms. The minimum atomic E-state index is -3.10. The average Bonchev–Trinajstić information content (AvgIpc) is 2.37. The first kappa shape index (κ1) is 16.8. The first-order valence-corrected chi connectivity index (χ1v) is 11.9. The maximum atomic E-state index is 12.8. The topological polar surface area (TPSA) is 28.1 Å². The summed E-state index contributed by atoms with van der Waals surface area (Å²) in [4.78, 5) is 0. The van der Waals surface area contributed by atoms with Gasteiger partial charge in [-0.25, -0.2) is 4.39 Å². The van der Waals surface area contributed by atoms with Gasteiger partial charge in [-0.2, -0.15) is 4.52 Å². The van der Waals surface area contributed by atoms with Crippen molar-refractivity contribution in [2.75, 3.05) is 0 Å². The van der Waals surface area contributed by atoms with Crippen LogP contribution < -0.4 is 4.52 Å². The Hall–Kier alpha value is 1.41. The lowest BCUT2D eigenvalue weighted by Crippen LogP contribution is -2.11. The third-order valence-electron chi connectivity index (χ3n) is 1.83. The van der Waals surface area contributed by atoms with Crippen molar-refractivity contribution in [3.05, 3.63) is 30.1 Å². The molecule has 3 atom stereocenters. The van der Waals surface area contributed by atoms with Crippen LogP contribution in [0.25, 0.3) is 0 Å². The summed E-state index contributed by atoms with van der Waals surface area (Å²) >= 11 is 30.0. The number of rotatable bonds is 2. The Morgan fingerprint density at radius 1 is 1.21 bits per heavy atom. The maximum absolute atomic E-state index is 12.8. The normalized spacial score (nSPS) is 32.9. The second-order valence-corrected chi connectivity index (χ2v) is 12.9. The van der Waals surface area contributed by atoms with E-state index in [2.05, 4.69) is 4.52 Å². The van der Waals surface area contributed by atoms with Gasteiger partial charge in [0.25, 0.3) is 0 Å². The molecule has 0 radical (unpaired) electrons. The highest BCUT2D eigenvalue weighted by Gasteiger charge is 2.45. The molecule has 4 nitrogen and oxygen atoms in total. The van der Waals surface area contributed by atoms with Crippen molar-refractivity contribution in [1.29, 1.82) is 0 Å². The van der Waals surface area contributed by atoms with Crippen LogP contribution in [0.5, 0.6) is 5.75 Å². The highest BCUT2D eigenvalue weighted by molar-refractivity contribution is 8.07. The second-order valence-electron chi connectivity index (χ2n) is 3.07. The molecule has 1 aliphatic heterocycles. The Kier molecular flexibility index (Phi) is 5.89. The van der Waals surface area contributed by atoms with Crippen LogP contribution in [0, 0.1) is 5.82 Å².